The zero-order chi connectivity index (χ0) is 13.8. The molecule has 1 rings (SSSR count). The molecule has 0 aliphatic rings. The van der Waals surface area contributed by atoms with Crippen molar-refractivity contribution in [3.05, 3.63) is 28.3 Å². The van der Waals surface area contributed by atoms with Crippen molar-refractivity contribution in [2.45, 2.75) is 46.6 Å². The van der Waals surface area contributed by atoms with Crippen LogP contribution in [0.4, 0.5) is 0 Å². The van der Waals surface area contributed by atoms with Gasteiger partial charge in [-0.3, -0.25) is 0 Å². The summed E-state index contributed by atoms with van der Waals surface area (Å²) in [6, 6.07) is 3.88. The molecule has 102 valence electrons. The van der Waals surface area contributed by atoms with Crippen molar-refractivity contribution in [3.8, 4) is 5.75 Å². The van der Waals surface area contributed by atoms with Crippen LogP contribution < -0.4 is 10.1 Å². The Morgan fingerprint density at radius 2 is 1.78 bits per heavy atom. The first-order valence-electron chi connectivity index (χ1n) is 6.50. The fourth-order valence-electron chi connectivity index (χ4n) is 1.79. The Bertz CT molecular complexity index is 378. The van der Waals surface area contributed by atoms with E-state index in [1.54, 1.807) is 0 Å². The van der Waals surface area contributed by atoms with Crippen LogP contribution in [-0.2, 0) is 0 Å². The van der Waals surface area contributed by atoms with Crippen molar-refractivity contribution in [3.63, 3.8) is 0 Å². The summed E-state index contributed by atoms with van der Waals surface area (Å²) < 4.78 is 5.84. The Balaban J connectivity index is 2.50. The molecule has 1 aromatic rings. The minimum atomic E-state index is 0.174. The van der Waals surface area contributed by atoms with Crippen molar-refractivity contribution in [2.24, 2.45) is 0 Å². The van der Waals surface area contributed by atoms with E-state index in [2.05, 4.69) is 26.1 Å². The molecule has 1 N–H and O–H groups in total. The van der Waals surface area contributed by atoms with Crippen molar-refractivity contribution in [1.82, 2.24) is 5.32 Å². The molecule has 0 radical (unpaired) electrons. The molecule has 0 saturated heterocycles. The summed E-state index contributed by atoms with van der Waals surface area (Å²) in [6.45, 7) is 12.2. The van der Waals surface area contributed by atoms with Crippen LogP contribution in [0.25, 0.3) is 0 Å². The van der Waals surface area contributed by atoms with Gasteiger partial charge in [0.2, 0.25) is 0 Å². The molecule has 0 saturated carbocycles. The van der Waals surface area contributed by atoms with Crippen molar-refractivity contribution in [1.29, 1.82) is 0 Å². The molecule has 0 bridgehead atoms. The molecule has 0 aliphatic carbocycles. The van der Waals surface area contributed by atoms with Gasteiger partial charge in [-0.15, -0.1) is 0 Å². The summed E-state index contributed by atoms with van der Waals surface area (Å²) in [5.41, 5.74) is 2.36. The number of benzene rings is 1. The standard InChI is InChI=1S/C15H24ClNO/c1-6-15(4,5)17-7-8-18-14-11(2)9-13(16)10-12(14)3/h9-10,17H,6-8H2,1-5H3. The molecular weight excluding hydrogens is 246 g/mol. The van der Waals surface area contributed by atoms with Gasteiger partial charge in [0.25, 0.3) is 0 Å². The maximum atomic E-state index is 5.99. The molecule has 0 atom stereocenters. The number of aryl methyl sites for hydroxylation is 2. The maximum absolute atomic E-state index is 5.99. The summed E-state index contributed by atoms with van der Waals surface area (Å²) in [6.07, 6.45) is 1.10. The molecule has 0 amide bonds. The summed E-state index contributed by atoms with van der Waals surface area (Å²) in [5, 5.41) is 4.24. The Hall–Kier alpha value is -0.730. The SMILES string of the molecule is CCC(C)(C)NCCOc1c(C)cc(Cl)cc1C. The topological polar surface area (TPSA) is 21.3 Å². The van der Waals surface area contributed by atoms with E-state index in [0.717, 1.165) is 34.9 Å². The number of ether oxygens (including phenoxy) is 1. The molecule has 0 heterocycles. The van der Waals surface area contributed by atoms with Crippen LogP contribution in [0.2, 0.25) is 5.02 Å². The van der Waals surface area contributed by atoms with E-state index >= 15 is 0 Å². The van der Waals surface area contributed by atoms with Crippen LogP contribution in [0.5, 0.6) is 5.75 Å². The summed E-state index contributed by atoms with van der Waals surface area (Å²) in [7, 11) is 0. The lowest BCUT2D eigenvalue weighted by Gasteiger charge is -2.24. The molecule has 3 heteroatoms. The van der Waals surface area contributed by atoms with Crippen molar-refractivity contribution >= 4 is 11.6 Å². The van der Waals surface area contributed by atoms with Gasteiger partial charge in [-0.05, 0) is 57.4 Å². The van der Waals surface area contributed by atoms with Gasteiger partial charge in [0, 0.05) is 17.1 Å². The van der Waals surface area contributed by atoms with Gasteiger partial charge in [-0.1, -0.05) is 18.5 Å². The predicted octanol–water partition coefficient (Wildman–Crippen LogP) is 4.11. The van der Waals surface area contributed by atoms with E-state index in [1.165, 1.54) is 0 Å². The Morgan fingerprint density at radius 3 is 2.28 bits per heavy atom. The van der Waals surface area contributed by atoms with Crippen LogP contribution in [0.15, 0.2) is 12.1 Å². The van der Waals surface area contributed by atoms with Gasteiger partial charge in [-0.2, -0.15) is 0 Å². The predicted molar refractivity (Wildman–Crippen MR) is 78.8 cm³/mol. The third kappa shape index (κ3) is 4.51. The third-order valence-electron chi connectivity index (χ3n) is 3.26. The van der Waals surface area contributed by atoms with Gasteiger partial charge < -0.3 is 10.1 Å². The third-order valence-corrected chi connectivity index (χ3v) is 3.48. The second kappa shape index (κ2) is 6.44. The summed E-state index contributed by atoms with van der Waals surface area (Å²) in [4.78, 5) is 0. The Kier molecular flexibility index (Phi) is 5.48. The highest BCUT2D eigenvalue weighted by molar-refractivity contribution is 6.30. The van der Waals surface area contributed by atoms with Crippen LogP contribution in [-0.4, -0.2) is 18.7 Å². The van der Waals surface area contributed by atoms with Gasteiger partial charge in [0.15, 0.2) is 0 Å². The molecule has 18 heavy (non-hydrogen) atoms. The first kappa shape index (κ1) is 15.3. The Labute approximate surface area is 116 Å². The molecule has 0 spiro atoms. The van der Waals surface area contributed by atoms with Gasteiger partial charge in [0.05, 0.1) is 0 Å². The minimum absolute atomic E-state index is 0.174. The van der Waals surface area contributed by atoms with E-state index in [-0.39, 0.29) is 5.54 Å². The van der Waals surface area contributed by atoms with E-state index in [0.29, 0.717) is 6.61 Å². The zero-order valence-corrected chi connectivity index (χ0v) is 12.8. The molecule has 2 nitrogen and oxygen atoms in total. The first-order chi connectivity index (χ1) is 8.35. The van der Waals surface area contributed by atoms with Gasteiger partial charge >= 0.3 is 0 Å². The van der Waals surface area contributed by atoms with Crippen molar-refractivity contribution < 1.29 is 4.74 Å². The Morgan fingerprint density at radius 1 is 1.22 bits per heavy atom. The number of hydrogen-bond donors (Lipinski definition) is 1. The molecule has 0 unspecified atom stereocenters. The average molecular weight is 270 g/mol. The summed E-state index contributed by atoms with van der Waals surface area (Å²) in [5.74, 6) is 0.954. The van der Waals surface area contributed by atoms with Gasteiger partial charge in [-0.25, -0.2) is 0 Å². The van der Waals surface area contributed by atoms with E-state index < -0.39 is 0 Å². The molecule has 0 aromatic heterocycles. The highest BCUT2D eigenvalue weighted by atomic mass is 35.5. The van der Waals surface area contributed by atoms with E-state index in [4.69, 9.17) is 16.3 Å². The highest BCUT2D eigenvalue weighted by Gasteiger charge is 2.13. The lowest BCUT2D eigenvalue weighted by atomic mass is 10.0. The smallest absolute Gasteiger partial charge is 0.125 e. The molecule has 1 aromatic carbocycles. The second-order valence-corrected chi connectivity index (χ2v) is 5.82. The van der Waals surface area contributed by atoms with E-state index in [1.807, 2.05) is 26.0 Å². The van der Waals surface area contributed by atoms with Gasteiger partial charge in [0.1, 0.15) is 12.4 Å². The van der Waals surface area contributed by atoms with Crippen LogP contribution in [0, 0.1) is 13.8 Å². The molecule has 0 fully saturated rings. The number of hydrogen-bond acceptors (Lipinski definition) is 2. The lowest BCUT2D eigenvalue weighted by Crippen LogP contribution is -2.40. The number of halogens is 1. The quantitative estimate of drug-likeness (QED) is 0.785. The number of rotatable bonds is 6. The van der Waals surface area contributed by atoms with Crippen molar-refractivity contribution in [2.75, 3.05) is 13.2 Å². The fraction of sp³-hybridized carbons (Fsp3) is 0.600. The average Bonchev–Trinajstić information content (AvgIpc) is 2.26. The van der Waals surface area contributed by atoms with Crippen LogP contribution in [0.3, 0.4) is 0 Å². The zero-order valence-electron chi connectivity index (χ0n) is 12.1. The van der Waals surface area contributed by atoms with Crippen LogP contribution >= 0.6 is 11.6 Å². The summed E-state index contributed by atoms with van der Waals surface area (Å²) >= 11 is 5.99. The number of nitrogens with one attached hydrogen (secondary N) is 1. The second-order valence-electron chi connectivity index (χ2n) is 5.38. The lowest BCUT2D eigenvalue weighted by molar-refractivity contribution is 0.278. The minimum Gasteiger partial charge on any atom is -0.492 e. The normalized spacial score (nSPS) is 11.7. The van der Waals surface area contributed by atoms with Crippen LogP contribution in [0.1, 0.15) is 38.3 Å². The molecular formula is C15H24ClNO. The fourth-order valence-corrected chi connectivity index (χ4v) is 2.12. The largest absolute Gasteiger partial charge is 0.492 e. The maximum Gasteiger partial charge on any atom is 0.125 e. The van der Waals surface area contributed by atoms with E-state index in [9.17, 15) is 0 Å². The highest BCUT2D eigenvalue weighted by Crippen LogP contribution is 2.26. The first-order valence-corrected chi connectivity index (χ1v) is 6.88. The molecule has 0 aliphatic heterocycles. The monoisotopic (exact) mass is 269 g/mol.